The van der Waals surface area contributed by atoms with Gasteiger partial charge >= 0.3 is 0 Å². The maximum atomic E-state index is 10.4. The Kier molecular flexibility index (Phi) is 5.04. The van der Waals surface area contributed by atoms with Gasteiger partial charge in [-0.25, -0.2) is 0 Å². The lowest BCUT2D eigenvalue weighted by molar-refractivity contribution is 0.340. The largest absolute Gasteiger partial charge is 0.504 e. The lowest BCUT2D eigenvalue weighted by atomic mass is 10.0. The smallest absolute Gasteiger partial charge is 0.200 e. The monoisotopic (exact) mass is 368 g/mol. The van der Waals surface area contributed by atoms with E-state index in [1.807, 2.05) is 26.8 Å². The van der Waals surface area contributed by atoms with E-state index < -0.39 is 0 Å². The maximum Gasteiger partial charge on any atom is 0.200 e. The molecule has 2 aromatic carbocycles. The number of phenols is 2. The summed E-state index contributed by atoms with van der Waals surface area (Å²) in [4.78, 5) is 0. The Morgan fingerprint density at radius 3 is 2.22 bits per heavy atom. The van der Waals surface area contributed by atoms with Crippen LogP contribution < -0.4 is 9.47 Å². The Morgan fingerprint density at radius 2 is 1.67 bits per heavy atom. The van der Waals surface area contributed by atoms with Crippen molar-refractivity contribution in [2.45, 2.75) is 27.2 Å². The number of ether oxygens (including phenoxy) is 2. The number of methoxy groups -OCH3 is 2. The molecule has 1 aromatic heterocycles. The highest BCUT2D eigenvalue weighted by Gasteiger charge is 2.19. The van der Waals surface area contributed by atoms with Gasteiger partial charge in [0.2, 0.25) is 5.75 Å². The molecule has 0 saturated heterocycles. The molecule has 5 heteroatoms. The van der Waals surface area contributed by atoms with Gasteiger partial charge < -0.3 is 24.1 Å². The third-order valence-electron chi connectivity index (χ3n) is 4.57. The van der Waals surface area contributed by atoms with E-state index >= 15 is 0 Å². The van der Waals surface area contributed by atoms with E-state index in [-0.39, 0.29) is 23.0 Å². The second kappa shape index (κ2) is 7.27. The fourth-order valence-corrected chi connectivity index (χ4v) is 3.10. The van der Waals surface area contributed by atoms with Crippen molar-refractivity contribution in [2.24, 2.45) is 0 Å². The quantitative estimate of drug-likeness (QED) is 0.594. The third kappa shape index (κ3) is 3.45. The van der Waals surface area contributed by atoms with Gasteiger partial charge in [0.25, 0.3) is 0 Å². The minimum absolute atomic E-state index is 0.0654. The fourth-order valence-electron chi connectivity index (χ4n) is 3.10. The standard InChI is InChI=1S/C22H24O5/c1-12(2)6-7-14-8-16-13(3)21(27-22(16)17(23)9-14)15-10-18(25-4)20(24)19(11-15)26-5/h6,8-11,23-24H,7H2,1-5H3. The van der Waals surface area contributed by atoms with Gasteiger partial charge in [0, 0.05) is 16.5 Å². The van der Waals surface area contributed by atoms with Crippen molar-refractivity contribution >= 4 is 11.0 Å². The van der Waals surface area contributed by atoms with Crippen LogP contribution in [0.4, 0.5) is 0 Å². The number of aromatic hydroxyl groups is 2. The molecule has 27 heavy (non-hydrogen) atoms. The number of benzene rings is 2. The van der Waals surface area contributed by atoms with E-state index in [0.29, 0.717) is 16.9 Å². The van der Waals surface area contributed by atoms with Crippen LogP contribution in [0, 0.1) is 6.92 Å². The first-order chi connectivity index (χ1) is 12.8. The molecule has 142 valence electrons. The fraction of sp³-hybridized carbons (Fsp3) is 0.273. The topological polar surface area (TPSA) is 72.1 Å². The maximum absolute atomic E-state index is 10.4. The van der Waals surface area contributed by atoms with Gasteiger partial charge in [0.1, 0.15) is 5.76 Å². The highest BCUT2D eigenvalue weighted by Crippen LogP contribution is 2.44. The molecule has 0 aliphatic rings. The number of hydrogen-bond acceptors (Lipinski definition) is 5. The first-order valence-corrected chi connectivity index (χ1v) is 8.69. The molecule has 1 heterocycles. The zero-order chi connectivity index (χ0) is 19.7. The lowest BCUT2D eigenvalue weighted by Crippen LogP contribution is -1.90. The summed E-state index contributed by atoms with van der Waals surface area (Å²) in [5.41, 5.74) is 4.27. The van der Waals surface area contributed by atoms with Crippen LogP contribution in [-0.2, 0) is 6.42 Å². The molecule has 0 radical (unpaired) electrons. The van der Waals surface area contributed by atoms with Crippen molar-refractivity contribution in [3.05, 3.63) is 47.0 Å². The average molecular weight is 368 g/mol. The van der Waals surface area contributed by atoms with Gasteiger partial charge in [0.05, 0.1) is 14.2 Å². The van der Waals surface area contributed by atoms with Gasteiger partial charge in [0.15, 0.2) is 22.8 Å². The molecule has 0 aliphatic heterocycles. The van der Waals surface area contributed by atoms with Crippen LogP contribution >= 0.6 is 0 Å². The summed E-state index contributed by atoms with van der Waals surface area (Å²) in [6, 6.07) is 7.13. The van der Waals surface area contributed by atoms with Crippen LogP contribution in [0.25, 0.3) is 22.3 Å². The van der Waals surface area contributed by atoms with Gasteiger partial charge in [-0.1, -0.05) is 11.6 Å². The van der Waals surface area contributed by atoms with Crippen molar-refractivity contribution < 1.29 is 24.1 Å². The van der Waals surface area contributed by atoms with E-state index in [0.717, 1.165) is 22.9 Å². The zero-order valence-corrected chi connectivity index (χ0v) is 16.2. The van der Waals surface area contributed by atoms with Crippen molar-refractivity contribution in [1.82, 2.24) is 0 Å². The van der Waals surface area contributed by atoms with E-state index in [1.54, 1.807) is 18.2 Å². The number of rotatable bonds is 5. The Labute approximate surface area is 158 Å². The molecule has 0 spiro atoms. The summed E-state index contributed by atoms with van der Waals surface area (Å²) in [6.45, 7) is 6.04. The van der Waals surface area contributed by atoms with Crippen LogP contribution in [0.5, 0.6) is 23.0 Å². The minimum Gasteiger partial charge on any atom is -0.504 e. The molecular weight excluding hydrogens is 344 g/mol. The van der Waals surface area contributed by atoms with Crippen LogP contribution in [0.3, 0.4) is 0 Å². The van der Waals surface area contributed by atoms with Crippen LogP contribution in [-0.4, -0.2) is 24.4 Å². The van der Waals surface area contributed by atoms with Crippen molar-refractivity contribution in [3.63, 3.8) is 0 Å². The molecule has 0 saturated carbocycles. The first kappa shape index (κ1) is 18.7. The van der Waals surface area contributed by atoms with Crippen LogP contribution in [0.15, 0.2) is 40.3 Å². The van der Waals surface area contributed by atoms with Crippen LogP contribution in [0.1, 0.15) is 25.0 Å². The van der Waals surface area contributed by atoms with Crippen LogP contribution in [0.2, 0.25) is 0 Å². The summed E-state index contributed by atoms with van der Waals surface area (Å²) in [5.74, 6) is 1.22. The van der Waals surface area contributed by atoms with Crippen molar-refractivity contribution in [1.29, 1.82) is 0 Å². The number of allylic oxidation sites excluding steroid dienone is 2. The molecular formula is C22H24O5. The van der Waals surface area contributed by atoms with Crippen molar-refractivity contribution in [2.75, 3.05) is 14.2 Å². The molecule has 5 nitrogen and oxygen atoms in total. The van der Waals surface area contributed by atoms with E-state index in [1.165, 1.54) is 19.8 Å². The zero-order valence-electron chi connectivity index (χ0n) is 16.2. The molecule has 0 amide bonds. The molecule has 0 aliphatic carbocycles. The Morgan fingerprint density at radius 1 is 1.04 bits per heavy atom. The first-order valence-electron chi connectivity index (χ1n) is 8.69. The second-order valence-corrected chi connectivity index (χ2v) is 6.76. The summed E-state index contributed by atoms with van der Waals surface area (Å²) in [6.07, 6.45) is 2.86. The minimum atomic E-state index is -0.0654. The second-order valence-electron chi connectivity index (χ2n) is 6.76. The highest BCUT2D eigenvalue weighted by molar-refractivity contribution is 5.92. The molecule has 3 aromatic rings. The Bertz CT molecular complexity index is 998. The molecule has 3 rings (SSSR count). The Hall–Kier alpha value is -3.08. The molecule has 2 N–H and O–H groups in total. The lowest BCUT2D eigenvalue weighted by Gasteiger charge is -2.10. The average Bonchev–Trinajstić information content (AvgIpc) is 2.98. The number of aryl methyl sites for hydroxylation is 1. The molecule has 0 unspecified atom stereocenters. The molecule has 0 bridgehead atoms. The Balaban J connectivity index is 2.18. The molecule has 0 fully saturated rings. The predicted octanol–water partition coefficient (Wildman–Crippen LogP) is 5.35. The third-order valence-corrected chi connectivity index (χ3v) is 4.57. The predicted molar refractivity (Wildman–Crippen MR) is 106 cm³/mol. The summed E-state index contributed by atoms with van der Waals surface area (Å²) in [7, 11) is 2.95. The number of hydrogen-bond donors (Lipinski definition) is 2. The number of furan rings is 1. The van der Waals surface area contributed by atoms with Crippen molar-refractivity contribution in [3.8, 4) is 34.3 Å². The summed E-state index contributed by atoms with van der Waals surface area (Å²) in [5, 5.41) is 21.4. The molecule has 0 atom stereocenters. The highest BCUT2D eigenvalue weighted by atomic mass is 16.5. The summed E-state index contributed by atoms with van der Waals surface area (Å²) < 4.78 is 16.4. The van der Waals surface area contributed by atoms with E-state index in [2.05, 4.69) is 6.08 Å². The SMILES string of the molecule is COc1cc(-c2oc3c(O)cc(CC=C(C)C)cc3c2C)cc(OC)c1O. The van der Waals surface area contributed by atoms with E-state index in [4.69, 9.17) is 13.9 Å². The van der Waals surface area contributed by atoms with Gasteiger partial charge in [-0.2, -0.15) is 0 Å². The van der Waals surface area contributed by atoms with Gasteiger partial charge in [-0.15, -0.1) is 0 Å². The summed E-state index contributed by atoms with van der Waals surface area (Å²) >= 11 is 0. The number of phenolic OH excluding ortho intramolecular Hbond substituents is 2. The number of fused-ring (bicyclic) bond motifs is 1. The van der Waals surface area contributed by atoms with Gasteiger partial charge in [-0.05, 0) is 57.0 Å². The normalized spacial score (nSPS) is 10.9. The van der Waals surface area contributed by atoms with E-state index in [9.17, 15) is 10.2 Å². The van der Waals surface area contributed by atoms with Gasteiger partial charge in [-0.3, -0.25) is 0 Å².